The van der Waals surface area contributed by atoms with E-state index in [9.17, 15) is 9.59 Å². The van der Waals surface area contributed by atoms with E-state index in [1.54, 1.807) is 24.3 Å². The molecule has 0 radical (unpaired) electrons. The molecule has 2 aliphatic rings. The molecule has 0 aromatic heterocycles. The molecule has 2 unspecified atom stereocenters. The molecule has 0 N–H and O–H groups in total. The Bertz CT molecular complexity index is 694. The lowest BCUT2D eigenvalue weighted by atomic mass is 10.0. The summed E-state index contributed by atoms with van der Waals surface area (Å²) >= 11 is 0. The van der Waals surface area contributed by atoms with Crippen molar-refractivity contribution in [2.75, 3.05) is 26.6 Å². The summed E-state index contributed by atoms with van der Waals surface area (Å²) in [6, 6.07) is 8.89. The molecule has 8 nitrogen and oxygen atoms in total. The van der Waals surface area contributed by atoms with Crippen LogP contribution in [0.15, 0.2) is 30.3 Å². The van der Waals surface area contributed by atoms with Crippen LogP contribution in [0, 0.1) is 5.92 Å². The van der Waals surface area contributed by atoms with Crippen molar-refractivity contribution in [1.29, 1.82) is 0 Å². The van der Waals surface area contributed by atoms with Crippen LogP contribution in [-0.4, -0.2) is 69.1 Å². The van der Waals surface area contributed by atoms with Crippen molar-refractivity contribution in [1.82, 2.24) is 0 Å². The van der Waals surface area contributed by atoms with E-state index in [1.807, 2.05) is 19.9 Å². The van der Waals surface area contributed by atoms with Crippen LogP contribution in [0.4, 0.5) is 0 Å². The minimum absolute atomic E-state index is 0.00857. The molecule has 2 aliphatic heterocycles. The zero-order chi connectivity index (χ0) is 21.5. The molecule has 6 atom stereocenters. The van der Waals surface area contributed by atoms with E-state index in [0.717, 1.165) is 6.42 Å². The molecule has 1 aromatic rings. The van der Waals surface area contributed by atoms with Gasteiger partial charge in [-0.25, -0.2) is 4.79 Å². The predicted molar refractivity (Wildman–Crippen MR) is 106 cm³/mol. The quantitative estimate of drug-likeness (QED) is 0.340. The first-order valence-corrected chi connectivity index (χ1v) is 10.3. The SMILES string of the molecule is CC[C@H]1OCC(OCOC[C@H]2OCC(OC(=O)c3ccccc3)[C@H]2C)[C@H]1OC(C)=O. The molecule has 0 bridgehead atoms. The number of rotatable bonds is 9. The Labute approximate surface area is 176 Å². The lowest BCUT2D eigenvalue weighted by molar-refractivity contribution is -0.164. The van der Waals surface area contributed by atoms with Crippen molar-refractivity contribution in [3.8, 4) is 0 Å². The maximum Gasteiger partial charge on any atom is 0.338 e. The smallest absolute Gasteiger partial charge is 0.338 e. The highest BCUT2D eigenvalue weighted by atomic mass is 16.7. The Kier molecular flexibility index (Phi) is 8.21. The summed E-state index contributed by atoms with van der Waals surface area (Å²) in [6.45, 7) is 6.34. The molecule has 1 aromatic carbocycles. The lowest BCUT2D eigenvalue weighted by Gasteiger charge is -2.22. The van der Waals surface area contributed by atoms with Gasteiger partial charge in [-0.15, -0.1) is 0 Å². The summed E-state index contributed by atoms with van der Waals surface area (Å²) in [5.41, 5.74) is 0.518. The molecule has 2 heterocycles. The van der Waals surface area contributed by atoms with Crippen LogP contribution >= 0.6 is 0 Å². The van der Waals surface area contributed by atoms with E-state index in [1.165, 1.54) is 6.92 Å². The van der Waals surface area contributed by atoms with Gasteiger partial charge in [0.25, 0.3) is 0 Å². The first kappa shape index (κ1) is 22.7. The van der Waals surface area contributed by atoms with Gasteiger partial charge < -0.3 is 28.4 Å². The van der Waals surface area contributed by atoms with Crippen molar-refractivity contribution in [2.45, 2.75) is 57.7 Å². The van der Waals surface area contributed by atoms with Gasteiger partial charge >= 0.3 is 11.9 Å². The van der Waals surface area contributed by atoms with Crippen molar-refractivity contribution >= 4 is 11.9 Å². The molecular formula is C22H30O8. The fourth-order valence-corrected chi connectivity index (χ4v) is 3.67. The summed E-state index contributed by atoms with van der Waals surface area (Å²) in [4.78, 5) is 23.6. The first-order chi connectivity index (χ1) is 14.5. The fraction of sp³-hybridized carbons (Fsp3) is 0.636. The predicted octanol–water partition coefficient (Wildman–Crippen LogP) is 2.35. The van der Waals surface area contributed by atoms with Crippen LogP contribution in [-0.2, 0) is 33.2 Å². The monoisotopic (exact) mass is 422 g/mol. The zero-order valence-corrected chi connectivity index (χ0v) is 17.7. The molecule has 30 heavy (non-hydrogen) atoms. The standard InChI is InChI=1S/C22H30O8/c1-4-17-21(29-15(3)23)20(12-26-17)28-13-25-10-18-14(2)19(11-27-18)30-22(24)16-8-6-5-7-9-16/h5-9,14,17-21H,4,10-13H2,1-3H3/t14-,17+,18+,19?,20?,21-/m0/s1. The fourth-order valence-electron chi connectivity index (χ4n) is 3.67. The van der Waals surface area contributed by atoms with Crippen LogP contribution < -0.4 is 0 Å². The van der Waals surface area contributed by atoms with Crippen molar-refractivity contribution < 1.29 is 38.0 Å². The van der Waals surface area contributed by atoms with Gasteiger partial charge in [0.05, 0.1) is 37.6 Å². The number of esters is 2. The molecule has 166 valence electrons. The third-order valence-electron chi connectivity index (χ3n) is 5.47. The minimum Gasteiger partial charge on any atom is -0.457 e. The molecule has 8 heteroatoms. The molecule has 0 aliphatic carbocycles. The second-order valence-electron chi connectivity index (χ2n) is 7.59. The summed E-state index contributed by atoms with van der Waals surface area (Å²) in [7, 11) is 0. The maximum atomic E-state index is 12.2. The highest BCUT2D eigenvalue weighted by Crippen LogP contribution is 2.26. The minimum atomic E-state index is -0.431. The second-order valence-corrected chi connectivity index (χ2v) is 7.59. The number of ether oxygens (including phenoxy) is 6. The van der Waals surface area contributed by atoms with E-state index in [2.05, 4.69) is 0 Å². The van der Waals surface area contributed by atoms with E-state index in [4.69, 9.17) is 28.4 Å². The Morgan fingerprint density at radius 2 is 1.73 bits per heavy atom. The van der Waals surface area contributed by atoms with Crippen LogP contribution in [0.1, 0.15) is 37.6 Å². The van der Waals surface area contributed by atoms with Gasteiger partial charge in [-0.05, 0) is 18.6 Å². The Hall–Kier alpha value is -2.00. The van der Waals surface area contributed by atoms with Gasteiger partial charge in [-0.1, -0.05) is 32.0 Å². The van der Waals surface area contributed by atoms with Gasteiger partial charge in [0, 0.05) is 12.8 Å². The summed E-state index contributed by atoms with van der Waals surface area (Å²) < 4.78 is 33.7. The second kappa shape index (κ2) is 10.9. The maximum absolute atomic E-state index is 12.2. The van der Waals surface area contributed by atoms with Crippen LogP contribution in [0.25, 0.3) is 0 Å². The largest absolute Gasteiger partial charge is 0.457 e. The van der Waals surface area contributed by atoms with Gasteiger partial charge in [-0.2, -0.15) is 0 Å². The van der Waals surface area contributed by atoms with Gasteiger partial charge in [-0.3, -0.25) is 4.79 Å². The molecule has 3 rings (SSSR count). The summed E-state index contributed by atoms with van der Waals surface area (Å²) in [6.07, 6.45) is -0.754. The number of hydrogen-bond donors (Lipinski definition) is 0. The van der Waals surface area contributed by atoms with Crippen molar-refractivity contribution in [3.63, 3.8) is 0 Å². The zero-order valence-electron chi connectivity index (χ0n) is 17.7. The third kappa shape index (κ3) is 5.78. The van der Waals surface area contributed by atoms with E-state index in [0.29, 0.717) is 25.4 Å². The molecule has 2 fully saturated rings. The highest BCUT2D eigenvalue weighted by Gasteiger charge is 2.40. The van der Waals surface area contributed by atoms with Crippen LogP contribution in [0.2, 0.25) is 0 Å². The Morgan fingerprint density at radius 1 is 1.03 bits per heavy atom. The summed E-state index contributed by atoms with van der Waals surface area (Å²) in [5, 5.41) is 0. The van der Waals surface area contributed by atoms with E-state index >= 15 is 0 Å². The van der Waals surface area contributed by atoms with Gasteiger partial charge in [0.1, 0.15) is 19.0 Å². The number of carbonyl (C=O) groups is 2. The van der Waals surface area contributed by atoms with E-state index in [-0.39, 0.29) is 49.1 Å². The average molecular weight is 422 g/mol. The lowest BCUT2D eigenvalue weighted by Crippen LogP contribution is -2.37. The normalized spacial score (nSPS) is 30.9. The highest BCUT2D eigenvalue weighted by molar-refractivity contribution is 5.89. The van der Waals surface area contributed by atoms with Gasteiger partial charge in [0.15, 0.2) is 6.10 Å². The Morgan fingerprint density at radius 3 is 2.43 bits per heavy atom. The van der Waals surface area contributed by atoms with Crippen LogP contribution in [0.5, 0.6) is 0 Å². The van der Waals surface area contributed by atoms with Gasteiger partial charge in [0.2, 0.25) is 0 Å². The van der Waals surface area contributed by atoms with Crippen LogP contribution in [0.3, 0.4) is 0 Å². The topological polar surface area (TPSA) is 89.5 Å². The van der Waals surface area contributed by atoms with Crippen molar-refractivity contribution in [2.24, 2.45) is 5.92 Å². The number of hydrogen-bond acceptors (Lipinski definition) is 8. The average Bonchev–Trinajstić information content (AvgIpc) is 3.29. The first-order valence-electron chi connectivity index (χ1n) is 10.3. The molecule has 2 saturated heterocycles. The molecular weight excluding hydrogens is 392 g/mol. The van der Waals surface area contributed by atoms with E-state index < -0.39 is 6.10 Å². The molecule has 0 saturated carbocycles. The molecule has 0 spiro atoms. The molecule has 0 amide bonds. The number of benzene rings is 1. The summed E-state index contributed by atoms with van der Waals surface area (Å²) in [5.74, 6) is -0.724. The van der Waals surface area contributed by atoms with Crippen molar-refractivity contribution in [3.05, 3.63) is 35.9 Å². The Balaban J connectivity index is 1.39. The number of carbonyl (C=O) groups excluding carboxylic acids is 2. The third-order valence-corrected chi connectivity index (χ3v) is 5.47.